The van der Waals surface area contributed by atoms with E-state index in [9.17, 15) is 0 Å². The molecule has 104 valence electrons. The number of benzene rings is 1. The summed E-state index contributed by atoms with van der Waals surface area (Å²) < 4.78 is 5.92. The van der Waals surface area contributed by atoms with E-state index in [1.54, 1.807) is 0 Å². The van der Waals surface area contributed by atoms with Crippen molar-refractivity contribution in [3.63, 3.8) is 0 Å². The van der Waals surface area contributed by atoms with Crippen molar-refractivity contribution in [2.45, 2.75) is 58.9 Å². The lowest BCUT2D eigenvalue weighted by Crippen LogP contribution is -2.14. The van der Waals surface area contributed by atoms with Gasteiger partial charge in [0, 0.05) is 10.9 Å². The van der Waals surface area contributed by atoms with Gasteiger partial charge < -0.3 is 10.2 Å². The quantitative estimate of drug-likeness (QED) is 0.867. The second-order valence-corrected chi connectivity index (χ2v) is 6.42. The van der Waals surface area contributed by atoms with E-state index in [2.05, 4.69) is 52.8 Å². The van der Waals surface area contributed by atoms with Crippen molar-refractivity contribution in [3.05, 3.63) is 35.1 Å². The maximum atomic E-state index is 5.92. The minimum Gasteiger partial charge on any atom is -0.459 e. The molecule has 0 radical (unpaired) electrons. The largest absolute Gasteiger partial charge is 0.459 e. The fourth-order valence-corrected chi connectivity index (χ4v) is 2.67. The zero-order valence-electron chi connectivity index (χ0n) is 12.7. The van der Waals surface area contributed by atoms with Gasteiger partial charge in [0.1, 0.15) is 11.3 Å². The second kappa shape index (κ2) is 5.01. The van der Waals surface area contributed by atoms with Crippen LogP contribution in [0.2, 0.25) is 0 Å². The summed E-state index contributed by atoms with van der Waals surface area (Å²) in [6.45, 7) is 11.6. The molecule has 2 aromatic rings. The summed E-state index contributed by atoms with van der Waals surface area (Å²) >= 11 is 0. The summed E-state index contributed by atoms with van der Waals surface area (Å²) in [6, 6.07) is 6.55. The first kappa shape index (κ1) is 14.1. The molecule has 0 aliphatic carbocycles. The van der Waals surface area contributed by atoms with Crippen LogP contribution in [0.5, 0.6) is 0 Å². The van der Waals surface area contributed by atoms with E-state index in [1.165, 1.54) is 16.5 Å². The Labute approximate surface area is 116 Å². The second-order valence-electron chi connectivity index (χ2n) is 6.42. The summed E-state index contributed by atoms with van der Waals surface area (Å²) in [5.74, 6) is 1.50. The number of fused-ring (bicyclic) bond motifs is 1. The first-order chi connectivity index (χ1) is 8.88. The number of hydrogen-bond donors (Lipinski definition) is 1. The highest BCUT2D eigenvalue weighted by Gasteiger charge is 2.24. The minimum absolute atomic E-state index is 0.0496. The van der Waals surface area contributed by atoms with Crippen molar-refractivity contribution in [3.8, 4) is 0 Å². The van der Waals surface area contributed by atoms with Crippen LogP contribution in [-0.4, -0.2) is 0 Å². The van der Waals surface area contributed by atoms with E-state index in [0.717, 1.165) is 17.8 Å². The smallest absolute Gasteiger partial charge is 0.134 e. The predicted octanol–water partition coefficient (Wildman–Crippen LogP) is 4.70. The van der Waals surface area contributed by atoms with Gasteiger partial charge in [-0.25, -0.2) is 0 Å². The molecule has 2 heteroatoms. The Balaban J connectivity index is 2.69. The van der Waals surface area contributed by atoms with Gasteiger partial charge in [0.05, 0.1) is 6.54 Å². The summed E-state index contributed by atoms with van der Waals surface area (Å²) in [5.41, 5.74) is 9.49. The molecular formula is C17H25NO. The normalized spacial score (nSPS) is 14.0. The molecule has 0 saturated heterocycles. The van der Waals surface area contributed by atoms with Gasteiger partial charge in [-0.3, -0.25) is 0 Å². The molecule has 2 rings (SSSR count). The molecule has 1 unspecified atom stereocenters. The van der Waals surface area contributed by atoms with Gasteiger partial charge in [-0.15, -0.1) is 0 Å². The lowest BCUT2D eigenvalue weighted by molar-refractivity contribution is 0.511. The maximum Gasteiger partial charge on any atom is 0.134 e. The van der Waals surface area contributed by atoms with Crippen molar-refractivity contribution in [2.75, 3.05) is 0 Å². The Morgan fingerprint density at radius 3 is 2.47 bits per heavy atom. The molecular weight excluding hydrogens is 234 g/mol. The Hall–Kier alpha value is -1.28. The van der Waals surface area contributed by atoms with Crippen LogP contribution in [0.15, 0.2) is 22.6 Å². The van der Waals surface area contributed by atoms with E-state index < -0.39 is 0 Å². The van der Waals surface area contributed by atoms with Crippen molar-refractivity contribution >= 4 is 11.0 Å². The molecule has 0 fully saturated rings. The summed E-state index contributed by atoms with van der Waals surface area (Å²) in [4.78, 5) is 0. The van der Waals surface area contributed by atoms with Crippen LogP contribution in [0.1, 0.15) is 63.8 Å². The van der Waals surface area contributed by atoms with Crippen molar-refractivity contribution < 1.29 is 4.42 Å². The topological polar surface area (TPSA) is 39.2 Å². The van der Waals surface area contributed by atoms with E-state index in [1.807, 2.05) is 0 Å². The van der Waals surface area contributed by atoms with Gasteiger partial charge in [-0.2, -0.15) is 0 Å². The average Bonchev–Trinajstić information content (AvgIpc) is 2.74. The third-order valence-corrected chi connectivity index (χ3v) is 3.90. The molecule has 0 saturated carbocycles. The fraction of sp³-hybridized carbons (Fsp3) is 0.529. The summed E-state index contributed by atoms with van der Waals surface area (Å²) in [6.07, 6.45) is 1.15. The number of hydrogen-bond acceptors (Lipinski definition) is 2. The number of rotatable bonds is 3. The summed E-state index contributed by atoms with van der Waals surface area (Å²) in [7, 11) is 0. The zero-order chi connectivity index (χ0) is 14.2. The number of furan rings is 1. The molecule has 1 aromatic carbocycles. The Morgan fingerprint density at radius 2 is 1.95 bits per heavy atom. The van der Waals surface area contributed by atoms with E-state index >= 15 is 0 Å². The van der Waals surface area contributed by atoms with Crippen LogP contribution < -0.4 is 5.73 Å². The first-order valence-electron chi connectivity index (χ1n) is 7.14. The standard InChI is InChI=1S/C17H25NO/c1-6-11(2)12-7-8-14-13(9-12)16(17(3,4)5)15(10-18)19-14/h7-9,11H,6,10,18H2,1-5H3. The van der Waals surface area contributed by atoms with Crippen molar-refractivity contribution in [2.24, 2.45) is 5.73 Å². The van der Waals surface area contributed by atoms with E-state index in [0.29, 0.717) is 12.5 Å². The molecule has 1 heterocycles. The maximum absolute atomic E-state index is 5.92. The van der Waals surface area contributed by atoms with Gasteiger partial charge in [0.15, 0.2) is 0 Å². The highest BCUT2D eigenvalue weighted by molar-refractivity contribution is 5.84. The molecule has 1 atom stereocenters. The third-order valence-electron chi connectivity index (χ3n) is 3.90. The minimum atomic E-state index is 0.0496. The molecule has 19 heavy (non-hydrogen) atoms. The SMILES string of the molecule is CCC(C)c1ccc2oc(CN)c(C(C)(C)C)c2c1. The molecule has 0 aliphatic rings. The predicted molar refractivity (Wildman–Crippen MR) is 81.5 cm³/mol. The molecule has 2 nitrogen and oxygen atoms in total. The van der Waals surface area contributed by atoms with Gasteiger partial charge in [-0.1, -0.05) is 40.7 Å². The van der Waals surface area contributed by atoms with Crippen LogP contribution in [-0.2, 0) is 12.0 Å². The molecule has 0 amide bonds. The highest BCUT2D eigenvalue weighted by Crippen LogP contribution is 2.37. The molecule has 0 bridgehead atoms. The monoisotopic (exact) mass is 259 g/mol. The molecule has 2 N–H and O–H groups in total. The lowest BCUT2D eigenvalue weighted by atomic mass is 9.84. The van der Waals surface area contributed by atoms with Crippen molar-refractivity contribution in [1.29, 1.82) is 0 Å². The van der Waals surface area contributed by atoms with Gasteiger partial charge >= 0.3 is 0 Å². The van der Waals surface area contributed by atoms with Gasteiger partial charge in [-0.05, 0) is 35.4 Å². The molecule has 1 aromatic heterocycles. The fourth-order valence-electron chi connectivity index (χ4n) is 2.67. The van der Waals surface area contributed by atoms with Crippen LogP contribution in [0.3, 0.4) is 0 Å². The number of nitrogens with two attached hydrogens (primary N) is 1. The van der Waals surface area contributed by atoms with Crippen LogP contribution in [0.25, 0.3) is 11.0 Å². The third kappa shape index (κ3) is 2.55. The molecule has 0 spiro atoms. The highest BCUT2D eigenvalue weighted by atomic mass is 16.3. The van der Waals surface area contributed by atoms with Crippen LogP contribution in [0, 0.1) is 0 Å². The zero-order valence-corrected chi connectivity index (χ0v) is 12.7. The van der Waals surface area contributed by atoms with E-state index in [-0.39, 0.29) is 5.41 Å². The molecule has 0 aliphatic heterocycles. The summed E-state index contributed by atoms with van der Waals surface area (Å²) in [5, 5.41) is 1.23. The lowest BCUT2D eigenvalue weighted by Gasteiger charge is -2.19. The van der Waals surface area contributed by atoms with Gasteiger partial charge in [0.25, 0.3) is 0 Å². The van der Waals surface area contributed by atoms with Crippen LogP contribution >= 0.6 is 0 Å². The Bertz CT molecular complexity index is 575. The van der Waals surface area contributed by atoms with Crippen molar-refractivity contribution in [1.82, 2.24) is 0 Å². The average molecular weight is 259 g/mol. The van der Waals surface area contributed by atoms with Gasteiger partial charge in [0.2, 0.25) is 0 Å². The Morgan fingerprint density at radius 1 is 1.26 bits per heavy atom. The Kier molecular flexibility index (Phi) is 3.73. The van der Waals surface area contributed by atoms with E-state index in [4.69, 9.17) is 10.2 Å². The first-order valence-corrected chi connectivity index (χ1v) is 7.14. The van der Waals surface area contributed by atoms with Crippen LogP contribution in [0.4, 0.5) is 0 Å².